The summed E-state index contributed by atoms with van der Waals surface area (Å²) in [7, 11) is 1.86. The van der Waals surface area contributed by atoms with Crippen LogP contribution >= 0.6 is 11.6 Å². The first-order valence-corrected chi connectivity index (χ1v) is 8.36. The van der Waals surface area contributed by atoms with Gasteiger partial charge >= 0.3 is 5.97 Å². The molecular formula is C18H22ClN3O3. The zero-order chi connectivity index (χ0) is 18.7. The number of aliphatic carboxylic acids is 1. The molecule has 1 aromatic heterocycles. The summed E-state index contributed by atoms with van der Waals surface area (Å²) in [4.78, 5) is 24.1. The lowest BCUT2D eigenvalue weighted by Gasteiger charge is -2.18. The van der Waals surface area contributed by atoms with Crippen molar-refractivity contribution in [3.05, 3.63) is 51.8 Å². The van der Waals surface area contributed by atoms with Crippen molar-refractivity contribution in [2.24, 2.45) is 13.0 Å². The van der Waals surface area contributed by atoms with Crippen molar-refractivity contribution in [3.63, 3.8) is 0 Å². The van der Waals surface area contributed by atoms with Gasteiger partial charge in [0.25, 0.3) is 0 Å². The number of carboxylic acid groups (broad SMARTS) is 1. The molecule has 6 nitrogen and oxygen atoms in total. The summed E-state index contributed by atoms with van der Waals surface area (Å²) >= 11 is 5.83. The summed E-state index contributed by atoms with van der Waals surface area (Å²) in [6.45, 7) is 5.64. The Balaban J connectivity index is 2.12. The molecule has 2 N–H and O–H groups in total. The van der Waals surface area contributed by atoms with Gasteiger partial charge in [0.05, 0.1) is 5.69 Å². The van der Waals surface area contributed by atoms with Gasteiger partial charge < -0.3 is 10.4 Å². The molecule has 0 fully saturated rings. The lowest BCUT2D eigenvalue weighted by atomic mass is 9.98. The van der Waals surface area contributed by atoms with Crippen LogP contribution < -0.4 is 5.32 Å². The molecule has 0 aliphatic rings. The Kier molecular flexibility index (Phi) is 5.85. The number of nitrogens with one attached hydrogen (secondary N) is 1. The molecule has 1 amide bonds. The number of rotatable bonds is 6. The maximum atomic E-state index is 12.5. The fourth-order valence-electron chi connectivity index (χ4n) is 2.74. The lowest BCUT2D eigenvalue weighted by Crippen LogP contribution is -2.37. The van der Waals surface area contributed by atoms with E-state index in [1.54, 1.807) is 35.9 Å². The Hall–Kier alpha value is -2.34. The summed E-state index contributed by atoms with van der Waals surface area (Å²) in [5.41, 5.74) is 3.38. The predicted octanol–water partition coefficient (Wildman–Crippen LogP) is 2.81. The van der Waals surface area contributed by atoms with E-state index in [0.29, 0.717) is 17.0 Å². The van der Waals surface area contributed by atoms with Gasteiger partial charge in [-0.05, 0) is 43.5 Å². The number of hydrogen-bond donors (Lipinski definition) is 2. The fraction of sp³-hybridized carbons (Fsp3) is 0.389. The SMILES string of the molecule is Cc1nn(C)c(C)c1CC(C)C(=O)NC(C(=O)O)c1ccc(Cl)cc1. The van der Waals surface area contributed by atoms with Crippen molar-refractivity contribution in [3.8, 4) is 0 Å². The number of nitrogens with zero attached hydrogens (tertiary/aromatic N) is 2. The number of benzene rings is 1. The quantitative estimate of drug-likeness (QED) is 0.826. The van der Waals surface area contributed by atoms with Gasteiger partial charge in [-0.2, -0.15) is 5.10 Å². The van der Waals surface area contributed by atoms with Crippen molar-refractivity contribution in [1.29, 1.82) is 0 Å². The van der Waals surface area contributed by atoms with E-state index >= 15 is 0 Å². The number of carboxylic acids is 1. The molecule has 0 spiro atoms. The Labute approximate surface area is 151 Å². The van der Waals surface area contributed by atoms with Crippen molar-refractivity contribution in [2.75, 3.05) is 0 Å². The van der Waals surface area contributed by atoms with Crippen LogP contribution in [0.5, 0.6) is 0 Å². The van der Waals surface area contributed by atoms with Crippen molar-refractivity contribution in [2.45, 2.75) is 33.2 Å². The van der Waals surface area contributed by atoms with E-state index in [9.17, 15) is 14.7 Å². The number of carbonyl (C=O) groups is 2. The van der Waals surface area contributed by atoms with Crippen LogP contribution in [0, 0.1) is 19.8 Å². The van der Waals surface area contributed by atoms with Crippen LogP contribution in [0.1, 0.15) is 35.5 Å². The topological polar surface area (TPSA) is 84.2 Å². The molecule has 2 unspecified atom stereocenters. The van der Waals surface area contributed by atoms with Crippen molar-refractivity contribution < 1.29 is 14.7 Å². The highest BCUT2D eigenvalue weighted by Gasteiger charge is 2.25. The van der Waals surface area contributed by atoms with Gasteiger partial charge in [0.15, 0.2) is 6.04 Å². The molecule has 0 saturated heterocycles. The average Bonchev–Trinajstić information content (AvgIpc) is 2.79. The number of aromatic nitrogens is 2. The van der Waals surface area contributed by atoms with E-state index in [1.165, 1.54) is 0 Å². The lowest BCUT2D eigenvalue weighted by molar-refractivity contribution is -0.142. The Bertz CT molecular complexity index is 784. The van der Waals surface area contributed by atoms with Gasteiger partial charge in [-0.15, -0.1) is 0 Å². The number of halogens is 1. The number of hydrogen-bond acceptors (Lipinski definition) is 3. The molecule has 2 rings (SSSR count). The molecule has 0 radical (unpaired) electrons. The monoisotopic (exact) mass is 363 g/mol. The third-order valence-electron chi connectivity index (χ3n) is 4.35. The zero-order valence-electron chi connectivity index (χ0n) is 14.7. The molecule has 2 atom stereocenters. The Morgan fingerprint density at radius 1 is 1.28 bits per heavy atom. The number of aryl methyl sites for hydroxylation is 2. The second-order valence-corrected chi connectivity index (χ2v) is 6.65. The summed E-state index contributed by atoms with van der Waals surface area (Å²) in [6.07, 6.45) is 0.504. The first kappa shape index (κ1) is 19.0. The highest BCUT2D eigenvalue weighted by molar-refractivity contribution is 6.30. The molecule has 25 heavy (non-hydrogen) atoms. The molecule has 134 valence electrons. The van der Waals surface area contributed by atoms with Gasteiger partial charge in [-0.1, -0.05) is 30.7 Å². The van der Waals surface area contributed by atoms with Crippen LogP contribution in [-0.2, 0) is 23.1 Å². The molecule has 0 aliphatic heterocycles. The normalized spacial score (nSPS) is 13.3. The minimum atomic E-state index is -1.11. The van der Waals surface area contributed by atoms with E-state index in [-0.39, 0.29) is 11.8 Å². The van der Waals surface area contributed by atoms with Gasteiger partial charge in [0.2, 0.25) is 5.91 Å². The molecule has 0 aliphatic carbocycles. The Morgan fingerprint density at radius 2 is 1.88 bits per heavy atom. The van der Waals surface area contributed by atoms with Gasteiger partial charge in [-0.3, -0.25) is 9.48 Å². The minimum Gasteiger partial charge on any atom is -0.479 e. The first-order valence-electron chi connectivity index (χ1n) is 7.98. The van der Waals surface area contributed by atoms with Crippen LogP contribution in [0.4, 0.5) is 0 Å². The molecule has 0 saturated carbocycles. The fourth-order valence-corrected chi connectivity index (χ4v) is 2.87. The summed E-state index contributed by atoms with van der Waals surface area (Å²) in [6, 6.07) is 5.29. The van der Waals surface area contributed by atoms with Crippen LogP contribution in [-0.4, -0.2) is 26.8 Å². The number of carbonyl (C=O) groups excluding carboxylic acids is 1. The molecule has 2 aromatic rings. The number of amides is 1. The summed E-state index contributed by atoms with van der Waals surface area (Å²) in [5, 5.41) is 16.9. The Morgan fingerprint density at radius 3 is 2.36 bits per heavy atom. The maximum Gasteiger partial charge on any atom is 0.330 e. The van der Waals surface area contributed by atoms with Crippen LogP contribution in [0.15, 0.2) is 24.3 Å². The van der Waals surface area contributed by atoms with E-state index in [2.05, 4.69) is 10.4 Å². The minimum absolute atomic E-state index is 0.315. The highest BCUT2D eigenvalue weighted by Crippen LogP contribution is 2.20. The zero-order valence-corrected chi connectivity index (χ0v) is 15.5. The highest BCUT2D eigenvalue weighted by atomic mass is 35.5. The van der Waals surface area contributed by atoms with Gasteiger partial charge in [0, 0.05) is 23.7 Å². The van der Waals surface area contributed by atoms with Crippen molar-refractivity contribution >= 4 is 23.5 Å². The predicted molar refractivity (Wildman–Crippen MR) is 95.5 cm³/mol. The summed E-state index contributed by atoms with van der Waals surface area (Å²) < 4.78 is 1.78. The smallest absolute Gasteiger partial charge is 0.330 e. The van der Waals surface area contributed by atoms with Gasteiger partial charge in [0.1, 0.15) is 0 Å². The van der Waals surface area contributed by atoms with E-state index in [4.69, 9.17) is 11.6 Å². The second kappa shape index (κ2) is 7.70. The van der Waals surface area contributed by atoms with Crippen LogP contribution in [0.25, 0.3) is 0 Å². The van der Waals surface area contributed by atoms with Crippen LogP contribution in [0.3, 0.4) is 0 Å². The summed E-state index contributed by atoms with van der Waals surface area (Å²) in [5.74, 6) is -1.81. The third kappa shape index (κ3) is 4.39. The molecular weight excluding hydrogens is 342 g/mol. The third-order valence-corrected chi connectivity index (χ3v) is 4.61. The molecule has 0 bridgehead atoms. The molecule has 1 heterocycles. The van der Waals surface area contributed by atoms with E-state index < -0.39 is 12.0 Å². The largest absolute Gasteiger partial charge is 0.479 e. The van der Waals surface area contributed by atoms with Crippen LogP contribution in [0.2, 0.25) is 5.02 Å². The molecule has 1 aromatic carbocycles. The van der Waals surface area contributed by atoms with Gasteiger partial charge in [-0.25, -0.2) is 4.79 Å². The second-order valence-electron chi connectivity index (χ2n) is 6.21. The standard InChI is InChI=1S/C18H22ClN3O3/c1-10(9-15-11(2)21-22(4)12(15)3)17(23)20-16(18(24)25)13-5-7-14(19)8-6-13/h5-8,10,16H,9H2,1-4H3,(H,20,23)(H,24,25). The first-order chi connectivity index (χ1) is 11.7. The maximum absolute atomic E-state index is 12.5. The van der Waals surface area contributed by atoms with E-state index in [1.807, 2.05) is 20.9 Å². The van der Waals surface area contributed by atoms with Crippen molar-refractivity contribution in [1.82, 2.24) is 15.1 Å². The average molecular weight is 364 g/mol. The molecule has 7 heteroatoms. The van der Waals surface area contributed by atoms with E-state index in [0.717, 1.165) is 17.0 Å².